The van der Waals surface area contributed by atoms with Crippen molar-refractivity contribution in [1.29, 1.82) is 0 Å². The van der Waals surface area contributed by atoms with Crippen LogP contribution in [0.5, 0.6) is 0 Å². The molecule has 126 valence electrons. The zero-order valence-corrected chi connectivity index (χ0v) is 13.5. The molecule has 1 saturated heterocycles. The quantitative estimate of drug-likeness (QED) is 0.732. The molecule has 0 unspecified atom stereocenters. The molecular formula is C15H21ClN4O3. The lowest BCUT2D eigenvalue weighted by Gasteiger charge is -2.12. The molecule has 2 atom stereocenters. The normalized spacial score (nSPS) is 20.4. The summed E-state index contributed by atoms with van der Waals surface area (Å²) >= 11 is 0. The highest BCUT2D eigenvalue weighted by Crippen LogP contribution is 2.18. The first-order valence-corrected chi connectivity index (χ1v) is 7.50. The monoisotopic (exact) mass is 340 g/mol. The number of H-pyrrole nitrogens is 1. The first-order valence-electron chi connectivity index (χ1n) is 7.50. The second-order valence-electron chi connectivity index (χ2n) is 5.45. The second kappa shape index (κ2) is 7.63. The molecule has 3 rings (SSSR count). The number of nitrogens with zero attached hydrogens (tertiary/aromatic N) is 1. The van der Waals surface area contributed by atoms with Crippen LogP contribution >= 0.6 is 12.4 Å². The predicted octanol–water partition coefficient (Wildman–Crippen LogP) is 0.374. The van der Waals surface area contributed by atoms with Gasteiger partial charge in [-0.1, -0.05) is 12.1 Å². The van der Waals surface area contributed by atoms with Crippen molar-refractivity contribution < 1.29 is 9.53 Å². The van der Waals surface area contributed by atoms with Crippen molar-refractivity contribution in [1.82, 2.24) is 14.9 Å². The SMILES string of the molecule is Cl.NC[C@H]1CC[C@@H](C(=O)NCCn2c(=O)[nH]c3ccccc32)O1. The van der Waals surface area contributed by atoms with Gasteiger partial charge < -0.3 is 20.8 Å². The van der Waals surface area contributed by atoms with Crippen LogP contribution in [0.4, 0.5) is 0 Å². The van der Waals surface area contributed by atoms with Gasteiger partial charge >= 0.3 is 5.69 Å². The molecule has 2 heterocycles. The molecule has 1 aliphatic rings. The minimum Gasteiger partial charge on any atom is -0.364 e. The minimum atomic E-state index is -0.423. The van der Waals surface area contributed by atoms with Crippen LogP contribution in [0.25, 0.3) is 11.0 Å². The Balaban J connectivity index is 0.00000192. The lowest BCUT2D eigenvalue weighted by molar-refractivity contribution is -0.131. The van der Waals surface area contributed by atoms with E-state index in [0.717, 1.165) is 17.5 Å². The van der Waals surface area contributed by atoms with Crippen molar-refractivity contribution in [3.05, 3.63) is 34.7 Å². The van der Waals surface area contributed by atoms with Crippen LogP contribution in [-0.4, -0.2) is 40.8 Å². The molecule has 0 bridgehead atoms. The standard InChI is InChI=1S/C15H20N4O3.ClH/c16-9-10-5-6-13(22-10)14(20)17-7-8-19-12-4-2-1-3-11(12)18-15(19)21;/h1-4,10,13H,5-9,16H2,(H,17,20)(H,18,21);1H/t10-,13+;/m1./s1. The molecule has 0 aliphatic carbocycles. The highest BCUT2D eigenvalue weighted by atomic mass is 35.5. The molecule has 1 aromatic carbocycles. The number of fused-ring (bicyclic) bond motifs is 1. The Bertz CT molecular complexity index is 727. The molecule has 8 heteroatoms. The van der Waals surface area contributed by atoms with Gasteiger partial charge in [0.15, 0.2) is 0 Å². The number of para-hydroxylation sites is 2. The molecule has 0 saturated carbocycles. The van der Waals surface area contributed by atoms with Gasteiger partial charge in [0.05, 0.1) is 17.1 Å². The smallest absolute Gasteiger partial charge is 0.326 e. The van der Waals surface area contributed by atoms with Crippen LogP contribution in [0.2, 0.25) is 0 Å². The summed E-state index contributed by atoms with van der Waals surface area (Å²) in [6, 6.07) is 7.48. The third kappa shape index (κ3) is 3.74. The third-order valence-electron chi connectivity index (χ3n) is 3.98. The topological polar surface area (TPSA) is 102 Å². The van der Waals surface area contributed by atoms with E-state index in [0.29, 0.717) is 26.1 Å². The number of hydrogen-bond donors (Lipinski definition) is 3. The van der Waals surface area contributed by atoms with Crippen LogP contribution in [0.1, 0.15) is 12.8 Å². The van der Waals surface area contributed by atoms with Crippen molar-refractivity contribution in [3.63, 3.8) is 0 Å². The molecule has 2 aromatic rings. The average molecular weight is 341 g/mol. The summed E-state index contributed by atoms with van der Waals surface area (Å²) in [6.45, 7) is 1.24. The molecule has 23 heavy (non-hydrogen) atoms. The predicted molar refractivity (Wildman–Crippen MR) is 89.8 cm³/mol. The van der Waals surface area contributed by atoms with Crippen molar-refractivity contribution in [2.75, 3.05) is 13.1 Å². The van der Waals surface area contributed by atoms with Gasteiger partial charge in [-0.15, -0.1) is 12.4 Å². The van der Waals surface area contributed by atoms with E-state index in [1.807, 2.05) is 24.3 Å². The Kier molecular flexibility index (Phi) is 5.81. The lowest BCUT2D eigenvalue weighted by atomic mass is 10.2. The number of ether oxygens (including phenoxy) is 1. The molecule has 1 amide bonds. The number of benzene rings is 1. The molecule has 1 aromatic heterocycles. The fourth-order valence-electron chi connectivity index (χ4n) is 2.81. The fourth-order valence-corrected chi connectivity index (χ4v) is 2.81. The van der Waals surface area contributed by atoms with Gasteiger partial charge in [0.25, 0.3) is 0 Å². The number of imidazole rings is 1. The number of nitrogens with one attached hydrogen (secondary N) is 2. The highest BCUT2D eigenvalue weighted by molar-refractivity contribution is 5.85. The van der Waals surface area contributed by atoms with Crippen molar-refractivity contribution in [3.8, 4) is 0 Å². The van der Waals surface area contributed by atoms with Crippen LogP contribution in [0, 0.1) is 0 Å². The van der Waals surface area contributed by atoms with Crippen LogP contribution in [-0.2, 0) is 16.1 Å². The van der Waals surface area contributed by atoms with Crippen molar-refractivity contribution in [2.45, 2.75) is 31.6 Å². The Morgan fingerprint density at radius 1 is 1.39 bits per heavy atom. The molecule has 7 nitrogen and oxygen atoms in total. The summed E-state index contributed by atoms with van der Waals surface area (Å²) in [5.74, 6) is -0.135. The van der Waals surface area contributed by atoms with E-state index in [9.17, 15) is 9.59 Å². The van der Waals surface area contributed by atoms with Crippen LogP contribution in [0.15, 0.2) is 29.1 Å². The molecular weight excluding hydrogens is 320 g/mol. The highest BCUT2D eigenvalue weighted by Gasteiger charge is 2.29. The molecule has 4 N–H and O–H groups in total. The number of carbonyl (C=O) groups excluding carboxylic acids is 1. The van der Waals surface area contributed by atoms with Crippen LogP contribution < -0.4 is 16.7 Å². The van der Waals surface area contributed by atoms with E-state index < -0.39 is 6.10 Å². The van der Waals surface area contributed by atoms with Gasteiger partial charge in [-0.25, -0.2) is 4.79 Å². The number of aromatic amines is 1. The number of nitrogens with two attached hydrogens (primary N) is 1. The molecule has 1 fully saturated rings. The summed E-state index contributed by atoms with van der Waals surface area (Å²) in [5.41, 5.74) is 6.99. The summed E-state index contributed by atoms with van der Waals surface area (Å²) in [7, 11) is 0. The number of halogens is 1. The summed E-state index contributed by atoms with van der Waals surface area (Å²) in [4.78, 5) is 26.7. The number of aromatic nitrogens is 2. The third-order valence-corrected chi connectivity index (χ3v) is 3.98. The molecule has 0 radical (unpaired) electrons. The fraction of sp³-hybridized carbons (Fsp3) is 0.467. The van der Waals surface area contributed by atoms with E-state index in [2.05, 4.69) is 10.3 Å². The molecule has 0 spiro atoms. The Morgan fingerprint density at radius 3 is 2.91 bits per heavy atom. The summed E-state index contributed by atoms with van der Waals surface area (Å²) in [5, 5.41) is 2.82. The summed E-state index contributed by atoms with van der Waals surface area (Å²) in [6.07, 6.45) is 1.07. The first-order chi connectivity index (χ1) is 10.7. The van der Waals surface area contributed by atoms with E-state index in [-0.39, 0.29) is 30.1 Å². The average Bonchev–Trinajstić information content (AvgIpc) is 3.12. The minimum absolute atomic E-state index is 0. The van der Waals surface area contributed by atoms with Gasteiger partial charge in [-0.3, -0.25) is 9.36 Å². The van der Waals surface area contributed by atoms with Gasteiger partial charge in [0.1, 0.15) is 6.10 Å². The van der Waals surface area contributed by atoms with Gasteiger partial charge in [0.2, 0.25) is 5.91 Å². The number of hydrogen-bond acceptors (Lipinski definition) is 4. The van der Waals surface area contributed by atoms with E-state index in [1.54, 1.807) is 4.57 Å². The zero-order chi connectivity index (χ0) is 15.5. The Labute approximate surface area is 139 Å². The van der Waals surface area contributed by atoms with Crippen molar-refractivity contribution >= 4 is 29.3 Å². The summed E-state index contributed by atoms with van der Waals surface area (Å²) < 4.78 is 7.16. The van der Waals surface area contributed by atoms with Crippen molar-refractivity contribution in [2.24, 2.45) is 5.73 Å². The molecule has 1 aliphatic heterocycles. The lowest BCUT2D eigenvalue weighted by Crippen LogP contribution is -2.37. The number of amides is 1. The maximum atomic E-state index is 12.0. The first kappa shape index (κ1) is 17.5. The largest absolute Gasteiger partial charge is 0.364 e. The van der Waals surface area contributed by atoms with Gasteiger partial charge in [-0.05, 0) is 25.0 Å². The van der Waals surface area contributed by atoms with Gasteiger partial charge in [0, 0.05) is 19.6 Å². The van der Waals surface area contributed by atoms with E-state index in [4.69, 9.17) is 10.5 Å². The number of rotatable bonds is 5. The van der Waals surface area contributed by atoms with E-state index in [1.165, 1.54) is 0 Å². The number of carbonyl (C=O) groups is 1. The maximum absolute atomic E-state index is 12.0. The van der Waals surface area contributed by atoms with E-state index >= 15 is 0 Å². The Morgan fingerprint density at radius 2 is 2.17 bits per heavy atom. The van der Waals surface area contributed by atoms with Crippen LogP contribution in [0.3, 0.4) is 0 Å². The Hall–Kier alpha value is -1.83. The zero-order valence-electron chi connectivity index (χ0n) is 12.7. The maximum Gasteiger partial charge on any atom is 0.326 e. The van der Waals surface area contributed by atoms with Gasteiger partial charge in [-0.2, -0.15) is 0 Å². The second-order valence-corrected chi connectivity index (χ2v) is 5.45.